The molecule has 4 N–H and O–H groups in total. The first-order chi connectivity index (χ1) is 5.12. The van der Waals surface area contributed by atoms with Crippen LogP contribution in [0.2, 0.25) is 0 Å². The minimum absolute atomic E-state index is 0.102. The van der Waals surface area contributed by atoms with Gasteiger partial charge in [-0.05, 0) is 12.8 Å². The highest BCUT2D eigenvalue weighted by molar-refractivity contribution is 8.13. The maximum Gasteiger partial charge on any atom is 0.151 e. The van der Waals surface area contributed by atoms with E-state index in [0.29, 0.717) is 5.75 Å². The van der Waals surface area contributed by atoms with Gasteiger partial charge in [-0.15, -0.1) is 0 Å². The minimum Gasteiger partial charge on any atom is -0.389 e. The van der Waals surface area contributed by atoms with Crippen molar-refractivity contribution in [3.63, 3.8) is 0 Å². The Kier molecular flexibility index (Phi) is 2.78. The van der Waals surface area contributed by atoms with E-state index in [-0.39, 0.29) is 5.17 Å². The van der Waals surface area contributed by atoms with Gasteiger partial charge in [0.05, 0.1) is 5.60 Å². The lowest BCUT2D eigenvalue weighted by molar-refractivity contribution is 0.0734. The van der Waals surface area contributed by atoms with Gasteiger partial charge in [-0.25, -0.2) is 0 Å². The maximum absolute atomic E-state index is 9.77. The molecule has 1 fully saturated rings. The molecule has 0 spiro atoms. The van der Waals surface area contributed by atoms with Crippen molar-refractivity contribution in [2.24, 2.45) is 5.73 Å². The summed E-state index contributed by atoms with van der Waals surface area (Å²) in [5.74, 6) is 0.586. The third kappa shape index (κ3) is 2.71. The van der Waals surface area contributed by atoms with Gasteiger partial charge in [-0.1, -0.05) is 24.6 Å². The topological polar surface area (TPSA) is 70.1 Å². The molecule has 64 valence electrons. The molecule has 1 saturated carbocycles. The van der Waals surface area contributed by atoms with Crippen LogP contribution in [0.25, 0.3) is 0 Å². The molecular weight excluding hydrogens is 160 g/mol. The zero-order valence-electron chi connectivity index (χ0n) is 6.47. The highest BCUT2D eigenvalue weighted by Gasteiger charge is 2.30. The van der Waals surface area contributed by atoms with Crippen molar-refractivity contribution in [1.29, 1.82) is 5.41 Å². The van der Waals surface area contributed by atoms with Gasteiger partial charge in [-0.3, -0.25) is 5.41 Å². The predicted octanol–water partition coefficient (Wildman–Crippen LogP) is 0.918. The summed E-state index contributed by atoms with van der Waals surface area (Å²) in [5, 5.41) is 16.8. The summed E-state index contributed by atoms with van der Waals surface area (Å²) < 4.78 is 0. The molecule has 0 aromatic carbocycles. The Morgan fingerprint density at radius 1 is 1.55 bits per heavy atom. The summed E-state index contributed by atoms with van der Waals surface area (Å²) in [4.78, 5) is 0. The van der Waals surface area contributed by atoms with E-state index in [1.54, 1.807) is 0 Å². The molecule has 1 rings (SSSR count). The van der Waals surface area contributed by atoms with E-state index in [2.05, 4.69) is 0 Å². The molecule has 0 amide bonds. The fourth-order valence-electron chi connectivity index (χ4n) is 1.39. The fourth-order valence-corrected chi connectivity index (χ4v) is 2.10. The number of nitrogens with two attached hydrogens (primary N) is 1. The van der Waals surface area contributed by atoms with Crippen molar-refractivity contribution in [3.8, 4) is 0 Å². The summed E-state index contributed by atoms with van der Waals surface area (Å²) in [6.07, 6.45) is 3.95. The average Bonchev–Trinajstić information content (AvgIpc) is 2.33. The Hall–Kier alpha value is -0.220. The number of aliphatic hydroxyl groups is 1. The van der Waals surface area contributed by atoms with E-state index in [4.69, 9.17) is 11.1 Å². The number of hydrogen-bond donors (Lipinski definition) is 3. The zero-order chi connectivity index (χ0) is 8.32. The van der Waals surface area contributed by atoms with Crippen molar-refractivity contribution in [2.45, 2.75) is 31.3 Å². The molecule has 0 aliphatic heterocycles. The highest BCUT2D eigenvalue weighted by atomic mass is 32.2. The second-order valence-corrected chi connectivity index (χ2v) is 4.10. The van der Waals surface area contributed by atoms with Crippen molar-refractivity contribution in [1.82, 2.24) is 0 Å². The summed E-state index contributed by atoms with van der Waals surface area (Å²) in [5.41, 5.74) is 4.63. The van der Waals surface area contributed by atoms with Crippen LogP contribution in [-0.2, 0) is 0 Å². The number of rotatable bonds is 2. The van der Waals surface area contributed by atoms with Crippen LogP contribution in [0.15, 0.2) is 0 Å². The summed E-state index contributed by atoms with van der Waals surface area (Å²) in [7, 11) is 0. The Balaban J connectivity index is 2.28. The molecule has 3 nitrogen and oxygen atoms in total. The van der Waals surface area contributed by atoms with Gasteiger partial charge in [0.1, 0.15) is 0 Å². The molecule has 0 aromatic rings. The molecule has 0 unspecified atom stereocenters. The van der Waals surface area contributed by atoms with Crippen LogP contribution < -0.4 is 5.73 Å². The molecular formula is C7H14N2OS. The molecule has 11 heavy (non-hydrogen) atoms. The van der Waals surface area contributed by atoms with E-state index in [9.17, 15) is 5.11 Å². The Bertz CT molecular complexity index is 155. The fraction of sp³-hybridized carbons (Fsp3) is 0.857. The molecule has 0 bridgehead atoms. The first kappa shape index (κ1) is 8.87. The third-order valence-electron chi connectivity index (χ3n) is 2.03. The smallest absolute Gasteiger partial charge is 0.151 e. The minimum atomic E-state index is -0.531. The normalized spacial score (nSPS) is 21.9. The van der Waals surface area contributed by atoms with E-state index >= 15 is 0 Å². The molecule has 0 saturated heterocycles. The van der Waals surface area contributed by atoms with Crippen LogP contribution in [0, 0.1) is 5.41 Å². The molecule has 0 atom stereocenters. The summed E-state index contributed by atoms with van der Waals surface area (Å²) >= 11 is 1.24. The van der Waals surface area contributed by atoms with Crippen LogP contribution in [0.5, 0.6) is 0 Å². The van der Waals surface area contributed by atoms with Crippen LogP contribution in [0.4, 0.5) is 0 Å². The number of thioether (sulfide) groups is 1. The van der Waals surface area contributed by atoms with Gasteiger partial charge < -0.3 is 10.8 Å². The molecule has 4 heteroatoms. The second-order valence-electron chi connectivity index (χ2n) is 3.08. The van der Waals surface area contributed by atoms with E-state index in [1.165, 1.54) is 11.8 Å². The van der Waals surface area contributed by atoms with Crippen molar-refractivity contribution in [3.05, 3.63) is 0 Å². The van der Waals surface area contributed by atoms with E-state index in [0.717, 1.165) is 25.7 Å². The van der Waals surface area contributed by atoms with Gasteiger partial charge in [0, 0.05) is 5.75 Å². The van der Waals surface area contributed by atoms with Gasteiger partial charge >= 0.3 is 0 Å². The van der Waals surface area contributed by atoms with Crippen LogP contribution in [0.3, 0.4) is 0 Å². The Labute approximate surface area is 70.9 Å². The molecule has 0 radical (unpaired) electrons. The van der Waals surface area contributed by atoms with Crippen LogP contribution >= 0.6 is 11.8 Å². The SMILES string of the molecule is N=C(N)SCC1(O)CCCC1. The lowest BCUT2D eigenvalue weighted by Gasteiger charge is -2.20. The quantitative estimate of drug-likeness (QED) is 0.430. The van der Waals surface area contributed by atoms with Gasteiger partial charge in [0.25, 0.3) is 0 Å². The average molecular weight is 174 g/mol. The highest BCUT2D eigenvalue weighted by Crippen LogP contribution is 2.32. The van der Waals surface area contributed by atoms with Crippen molar-refractivity contribution < 1.29 is 5.11 Å². The Morgan fingerprint density at radius 2 is 2.09 bits per heavy atom. The van der Waals surface area contributed by atoms with Gasteiger partial charge in [0.2, 0.25) is 0 Å². The number of nitrogens with one attached hydrogen (secondary N) is 1. The largest absolute Gasteiger partial charge is 0.389 e. The standard InChI is InChI=1S/C7H14N2OS/c8-6(9)11-5-7(10)3-1-2-4-7/h10H,1-5H2,(H3,8,9). The number of hydrogen-bond acceptors (Lipinski definition) is 3. The first-order valence-corrected chi connectivity index (χ1v) is 4.80. The van der Waals surface area contributed by atoms with E-state index < -0.39 is 5.60 Å². The summed E-state index contributed by atoms with van der Waals surface area (Å²) in [6.45, 7) is 0. The third-order valence-corrected chi connectivity index (χ3v) is 3.02. The second kappa shape index (κ2) is 3.45. The lowest BCUT2D eigenvalue weighted by Crippen LogP contribution is -2.28. The zero-order valence-corrected chi connectivity index (χ0v) is 7.28. The molecule has 1 aliphatic carbocycles. The maximum atomic E-state index is 9.77. The van der Waals surface area contributed by atoms with Crippen molar-refractivity contribution in [2.75, 3.05) is 5.75 Å². The molecule has 0 aromatic heterocycles. The monoisotopic (exact) mass is 174 g/mol. The summed E-state index contributed by atoms with van der Waals surface area (Å²) in [6, 6.07) is 0. The lowest BCUT2D eigenvalue weighted by atomic mass is 10.1. The van der Waals surface area contributed by atoms with Crippen LogP contribution in [0.1, 0.15) is 25.7 Å². The van der Waals surface area contributed by atoms with Crippen LogP contribution in [-0.4, -0.2) is 21.6 Å². The first-order valence-electron chi connectivity index (χ1n) is 3.82. The Morgan fingerprint density at radius 3 is 2.55 bits per heavy atom. The van der Waals surface area contributed by atoms with E-state index in [1.807, 2.05) is 0 Å². The predicted molar refractivity (Wildman–Crippen MR) is 47.8 cm³/mol. The molecule has 0 heterocycles. The van der Waals surface area contributed by atoms with Crippen molar-refractivity contribution >= 4 is 16.9 Å². The van der Waals surface area contributed by atoms with Gasteiger partial charge in [-0.2, -0.15) is 0 Å². The van der Waals surface area contributed by atoms with Gasteiger partial charge in [0.15, 0.2) is 5.17 Å². The molecule has 1 aliphatic rings. The number of amidine groups is 1.